The number of rotatable bonds is 5. The molecule has 0 heterocycles. The van der Waals surface area contributed by atoms with Crippen LogP contribution < -0.4 is 5.32 Å². The fourth-order valence-corrected chi connectivity index (χ4v) is 1.49. The highest BCUT2D eigenvalue weighted by molar-refractivity contribution is 4.78. The van der Waals surface area contributed by atoms with Crippen molar-refractivity contribution in [2.45, 2.75) is 39.7 Å². The van der Waals surface area contributed by atoms with Gasteiger partial charge in [0.25, 0.3) is 0 Å². The Kier molecular flexibility index (Phi) is 4.69. The third kappa shape index (κ3) is 6.32. The number of nitrogens with one attached hydrogen (secondary N) is 1. The predicted molar refractivity (Wildman–Crippen MR) is 48.6 cm³/mol. The van der Waals surface area contributed by atoms with Crippen molar-refractivity contribution in [3.63, 3.8) is 0 Å². The molecule has 0 spiro atoms. The van der Waals surface area contributed by atoms with Crippen LogP contribution in [0.4, 0.5) is 0 Å². The van der Waals surface area contributed by atoms with E-state index in [1.165, 1.54) is 0 Å². The summed E-state index contributed by atoms with van der Waals surface area (Å²) >= 11 is 0. The Balaban J connectivity index is 3.61. The van der Waals surface area contributed by atoms with Crippen LogP contribution in [0, 0.1) is 5.92 Å². The quantitative estimate of drug-likeness (QED) is 0.635. The Morgan fingerprint density at radius 3 is 2.27 bits per heavy atom. The van der Waals surface area contributed by atoms with E-state index in [0.29, 0.717) is 12.5 Å². The fourth-order valence-electron chi connectivity index (χ4n) is 1.49. The van der Waals surface area contributed by atoms with Gasteiger partial charge in [-0.1, -0.05) is 13.8 Å². The second-order valence-electron chi connectivity index (χ2n) is 4.13. The second kappa shape index (κ2) is 4.73. The van der Waals surface area contributed by atoms with Crippen LogP contribution in [0.25, 0.3) is 0 Å². The summed E-state index contributed by atoms with van der Waals surface area (Å²) < 4.78 is 0. The van der Waals surface area contributed by atoms with E-state index >= 15 is 0 Å². The Morgan fingerprint density at radius 1 is 1.36 bits per heavy atom. The lowest BCUT2D eigenvalue weighted by atomic mass is 9.93. The third-order valence-electron chi connectivity index (χ3n) is 1.63. The van der Waals surface area contributed by atoms with Crippen LogP contribution in [-0.2, 0) is 0 Å². The van der Waals surface area contributed by atoms with Crippen LogP contribution in [-0.4, -0.2) is 23.8 Å². The van der Waals surface area contributed by atoms with Gasteiger partial charge in [-0.15, -0.1) is 0 Å². The fraction of sp³-hybridized carbons (Fsp3) is 1.00. The van der Waals surface area contributed by atoms with Crippen molar-refractivity contribution < 1.29 is 5.11 Å². The van der Waals surface area contributed by atoms with Gasteiger partial charge in [0.1, 0.15) is 0 Å². The summed E-state index contributed by atoms with van der Waals surface area (Å²) in [5.74, 6) is 0.705. The van der Waals surface area contributed by atoms with E-state index in [4.69, 9.17) is 5.11 Å². The predicted octanol–water partition coefficient (Wildman–Crippen LogP) is 1.39. The Bertz CT molecular complexity index is 99.7. The minimum atomic E-state index is 0.164. The van der Waals surface area contributed by atoms with Gasteiger partial charge >= 0.3 is 0 Å². The molecule has 11 heavy (non-hydrogen) atoms. The average Bonchev–Trinajstić information content (AvgIpc) is 1.81. The monoisotopic (exact) mass is 159 g/mol. The van der Waals surface area contributed by atoms with E-state index in [-0.39, 0.29) is 12.1 Å². The zero-order valence-corrected chi connectivity index (χ0v) is 8.15. The van der Waals surface area contributed by atoms with Crippen LogP contribution >= 0.6 is 0 Å². The molecule has 0 aliphatic heterocycles. The third-order valence-corrected chi connectivity index (χ3v) is 1.63. The van der Waals surface area contributed by atoms with Crippen molar-refractivity contribution >= 4 is 0 Å². The topological polar surface area (TPSA) is 32.3 Å². The zero-order chi connectivity index (χ0) is 8.91. The van der Waals surface area contributed by atoms with Crippen molar-refractivity contribution in [3.8, 4) is 0 Å². The smallest absolute Gasteiger partial charge is 0.0556 e. The Hall–Kier alpha value is -0.0800. The normalized spacial score (nSPS) is 12.5. The van der Waals surface area contributed by atoms with Gasteiger partial charge in [0.2, 0.25) is 0 Å². The molecule has 0 amide bonds. The largest absolute Gasteiger partial charge is 0.395 e. The van der Waals surface area contributed by atoms with Gasteiger partial charge < -0.3 is 10.4 Å². The number of aliphatic hydroxyl groups excluding tert-OH is 1. The maximum atomic E-state index is 8.60. The number of β-amino-alcohol motifs (C(OH)–C–C–N with tert-alkyl or cyclic N) is 1. The van der Waals surface area contributed by atoms with E-state index in [0.717, 1.165) is 6.42 Å². The Labute approximate surface area is 70.0 Å². The molecule has 0 radical (unpaired) electrons. The lowest BCUT2D eigenvalue weighted by Gasteiger charge is -2.27. The number of aliphatic hydroxyl groups is 1. The van der Waals surface area contributed by atoms with Crippen molar-refractivity contribution in [1.29, 1.82) is 0 Å². The molecule has 0 aliphatic carbocycles. The average molecular weight is 159 g/mol. The standard InChI is InChI=1S/C9H21NO/c1-8(2)7-9(3,4)10-5-6-11/h8,10-11H,5-7H2,1-4H3. The van der Waals surface area contributed by atoms with E-state index in [2.05, 4.69) is 33.0 Å². The first-order valence-electron chi connectivity index (χ1n) is 4.34. The summed E-state index contributed by atoms with van der Waals surface area (Å²) in [6.45, 7) is 9.68. The molecule has 0 aliphatic rings. The maximum absolute atomic E-state index is 8.60. The summed E-state index contributed by atoms with van der Waals surface area (Å²) in [6.07, 6.45) is 1.15. The van der Waals surface area contributed by atoms with Crippen LogP contribution in [0.2, 0.25) is 0 Å². The van der Waals surface area contributed by atoms with Gasteiger partial charge in [0.15, 0.2) is 0 Å². The van der Waals surface area contributed by atoms with Crippen molar-refractivity contribution in [3.05, 3.63) is 0 Å². The molecule has 2 heteroatoms. The molecule has 0 saturated carbocycles. The van der Waals surface area contributed by atoms with Gasteiger partial charge in [-0.05, 0) is 26.2 Å². The van der Waals surface area contributed by atoms with Gasteiger partial charge in [-0.2, -0.15) is 0 Å². The number of hydrogen-bond acceptors (Lipinski definition) is 2. The van der Waals surface area contributed by atoms with E-state index in [9.17, 15) is 0 Å². The van der Waals surface area contributed by atoms with E-state index < -0.39 is 0 Å². The first-order valence-corrected chi connectivity index (χ1v) is 4.34. The lowest BCUT2D eigenvalue weighted by molar-refractivity contribution is 0.250. The van der Waals surface area contributed by atoms with E-state index in [1.807, 2.05) is 0 Å². The van der Waals surface area contributed by atoms with Crippen molar-refractivity contribution in [2.24, 2.45) is 5.92 Å². The summed E-state index contributed by atoms with van der Waals surface area (Å²) in [5, 5.41) is 11.9. The summed E-state index contributed by atoms with van der Waals surface area (Å²) in [7, 11) is 0. The van der Waals surface area contributed by atoms with E-state index in [1.54, 1.807) is 0 Å². The molecule has 0 saturated heterocycles. The Morgan fingerprint density at radius 2 is 1.91 bits per heavy atom. The first kappa shape index (κ1) is 10.9. The SMILES string of the molecule is CC(C)CC(C)(C)NCCO. The summed E-state index contributed by atoms with van der Waals surface area (Å²) in [5.41, 5.74) is 0.164. The van der Waals surface area contributed by atoms with Gasteiger partial charge in [0.05, 0.1) is 6.61 Å². The van der Waals surface area contributed by atoms with Crippen LogP contribution in [0.1, 0.15) is 34.1 Å². The van der Waals surface area contributed by atoms with Gasteiger partial charge in [0, 0.05) is 12.1 Å². The molecule has 0 aromatic carbocycles. The molecule has 2 N–H and O–H groups in total. The number of hydrogen-bond donors (Lipinski definition) is 2. The molecule has 2 nitrogen and oxygen atoms in total. The molecule has 0 atom stereocenters. The summed E-state index contributed by atoms with van der Waals surface area (Å²) in [6, 6.07) is 0. The molecule has 0 aromatic heterocycles. The first-order chi connectivity index (χ1) is 4.98. The minimum absolute atomic E-state index is 0.164. The highest BCUT2D eigenvalue weighted by Gasteiger charge is 2.17. The maximum Gasteiger partial charge on any atom is 0.0556 e. The molecule has 0 rings (SSSR count). The lowest BCUT2D eigenvalue weighted by Crippen LogP contribution is -2.41. The molecular formula is C9H21NO. The van der Waals surface area contributed by atoms with Crippen molar-refractivity contribution in [2.75, 3.05) is 13.2 Å². The second-order valence-corrected chi connectivity index (χ2v) is 4.13. The molecule has 0 unspecified atom stereocenters. The van der Waals surface area contributed by atoms with Gasteiger partial charge in [-0.25, -0.2) is 0 Å². The molecule has 68 valence electrons. The van der Waals surface area contributed by atoms with Crippen LogP contribution in [0.15, 0.2) is 0 Å². The van der Waals surface area contributed by atoms with Crippen molar-refractivity contribution in [1.82, 2.24) is 5.32 Å². The zero-order valence-electron chi connectivity index (χ0n) is 8.15. The highest BCUT2D eigenvalue weighted by atomic mass is 16.3. The van der Waals surface area contributed by atoms with Crippen LogP contribution in [0.5, 0.6) is 0 Å². The minimum Gasteiger partial charge on any atom is -0.395 e. The molecule has 0 fully saturated rings. The highest BCUT2D eigenvalue weighted by Crippen LogP contribution is 2.14. The van der Waals surface area contributed by atoms with Gasteiger partial charge in [-0.3, -0.25) is 0 Å². The molecule has 0 aromatic rings. The molecular weight excluding hydrogens is 138 g/mol. The van der Waals surface area contributed by atoms with Crippen LogP contribution in [0.3, 0.4) is 0 Å². The molecule has 0 bridgehead atoms. The summed E-state index contributed by atoms with van der Waals surface area (Å²) in [4.78, 5) is 0.